The summed E-state index contributed by atoms with van der Waals surface area (Å²) in [7, 11) is 0. The van der Waals surface area contributed by atoms with Gasteiger partial charge in [0.05, 0.1) is 0 Å². The van der Waals surface area contributed by atoms with Gasteiger partial charge < -0.3 is 0 Å². The van der Waals surface area contributed by atoms with Crippen molar-refractivity contribution in [2.45, 2.75) is 11.8 Å². The van der Waals surface area contributed by atoms with E-state index in [0.29, 0.717) is 0 Å². The molecule has 0 unspecified atom stereocenters. The largest absolute Gasteiger partial charge is 0.287 e. The van der Waals surface area contributed by atoms with Gasteiger partial charge in [0.15, 0.2) is 5.12 Å². The molecule has 0 atom stereocenters. The van der Waals surface area contributed by atoms with Crippen molar-refractivity contribution in [3.8, 4) is 11.8 Å². The van der Waals surface area contributed by atoms with Crippen LogP contribution in [-0.2, 0) is 4.79 Å². The Morgan fingerprint density at radius 1 is 1.00 bits per heavy atom. The van der Waals surface area contributed by atoms with Gasteiger partial charge in [-0.1, -0.05) is 23.6 Å². The highest BCUT2D eigenvalue weighted by Gasteiger charge is 1.97. The van der Waals surface area contributed by atoms with Crippen LogP contribution < -0.4 is 0 Å². The van der Waals surface area contributed by atoms with Gasteiger partial charge in [0.25, 0.3) is 0 Å². The third-order valence-electron chi connectivity index (χ3n) is 2.15. The number of pyridine rings is 1. The van der Waals surface area contributed by atoms with Crippen molar-refractivity contribution >= 4 is 16.9 Å². The summed E-state index contributed by atoms with van der Waals surface area (Å²) in [4.78, 5) is 15.8. The van der Waals surface area contributed by atoms with Crippen LogP contribution in [0.3, 0.4) is 0 Å². The molecule has 0 aliphatic heterocycles. The average molecular weight is 253 g/mol. The van der Waals surface area contributed by atoms with Crippen molar-refractivity contribution in [2.75, 3.05) is 0 Å². The van der Waals surface area contributed by atoms with Crippen LogP contribution in [0.2, 0.25) is 0 Å². The lowest BCUT2D eigenvalue weighted by Gasteiger charge is -1.96. The van der Waals surface area contributed by atoms with E-state index in [4.69, 9.17) is 0 Å². The molecule has 0 N–H and O–H groups in total. The van der Waals surface area contributed by atoms with E-state index in [2.05, 4.69) is 16.8 Å². The first kappa shape index (κ1) is 12.4. The lowest BCUT2D eigenvalue weighted by Crippen LogP contribution is -1.81. The van der Waals surface area contributed by atoms with Crippen LogP contribution in [0, 0.1) is 11.8 Å². The summed E-state index contributed by atoms with van der Waals surface area (Å²) in [6, 6.07) is 11.4. The van der Waals surface area contributed by atoms with Gasteiger partial charge in [0.1, 0.15) is 0 Å². The molecule has 1 aromatic heterocycles. The van der Waals surface area contributed by atoms with E-state index in [1.807, 2.05) is 36.4 Å². The van der Waals surface area contributed by atoms with Crippen molar-refractivity contribution in [2.24, 2.45) is 0 Å². The van der Waals surface area contributed by atoms with Crippen LogP contribution in [0.1, 0.15) is 18.1 Å². The first-order valence-corrected chi connectivity index (χ1v) is 6.26. The molecule has 0 bridgehead atoms. The second-order valence-electron chi connectivity index (χ2n) is 3.60. The van der Waals surface area contributed by atoms with Crippen molar-refractivity contribution in [3.05, 3.63) is 59.9 Å². The number of hydrogen-bond donors (Lipinski definition) is 0. The Bertz CT molecular complexity index is 594. The summed E-state index contributed by atoms with van der Waals surface area (Å²) in [5.74, 6) is 6.13. The molecule has 18 heavy (non-hydrogen) atoms. The van der Waals surface area contributed by atoms with Gasteiger partial charge in [0.2, 0.25) is 0 Å². The average Bonchev–Trinajstić information content (AvgIpc) is 2.38. The summed E-state index contributed by atoms with van der Waals surface area (Å²) in [5.41, 5.74) is 1.87. The molecule has 2 aromatic rings. The number of rotatable bonds is 1. The maximum Gasteiger partial charge on any atom is 0.190 e. The zero-order valence-corrected chi connectivity index (χ0v) is 10.7. The number of carbonyl (C=O) groups is 1. The molecule has 0 aliphatic carbocycles. The minimum absolute atomic E-state index is 0.0885. The molecule has 3 heteroatoms. The molecule has 0 amide bonds. The molecule has 88 valence electrons. The third kappa shape index (κ3) is 3.76. The summed E-state index contributed by atoms with van der Waals surface area (Å²) >= 11 is 1.23. The lowest BCUT2D eigenvalue weighted by molar-refractivity contribution is -0.109. The van der Waals surface area contributed by atoms with Crippen molar-refractivity contribution in [3.63, 3.8) is 0 Å². The minimum atomic E-state index is 0.0885. The van der Waals surface area contributed by atoms with Gasteiger partial charge in [-0.25, -0.2) is 0 Å². The van der Waals surface area contributed by atoms with Crippen LogP contribution in [0.4, 0.5) is 0 Å². The maximum absolute atomic E-state index is 10.9. The maximum atomic E-state index is 10.9. The van der Waals surface area contributed by atoms with E-state index in [1.54, 1.807) is 19.3 Å². The van der Waals surface area contributed by atoms with Crippen LogP contribution >= 0.6 is 11.8 Å². The van der Waals surface area contributed by atoms with Crippen molar-refractivity contribution in [1.29, 1.82) is 0 Å². The van der Waals surface area contributed by atoms with Crippen molar-refractivity contribution < 1.29 is 4.79 Å². The van der Waals surface area contributed by atoms with E-state index in [0.717, 1.165) is 16.0 Å². The highest BCUT2D eigenvalue weighted by atomic mass is 32.2. The molecular formula is C15H11NOS. The quantitative estimate of drug-likeness (QED) is 0.578. The molecule has 0 saturated heterocycles. The van der Waals surface area contributed by atoms with Crippen LogP contribution in [0.5, 0.6) is 0 Å². The second kappa shape index (κ2) is 6.04. The molecule has 0 fully saturated rings. The van der Waals surface area contributed by atoms with Gasteiger partial charge in [-0.2, -0.15) is 0 Å². The summed E-state index contributed by atoms with van der Waals surface area (Å²) < 4.78 is 0. The van der Waals surface area contributed by atoms with Gasteiger partial charge in [-0.05, 0) is 36.4 Å². The lowest BCUT2D eigenvalue weighted by atomic mass is 10.2. The fraction of sp³-hybridized carbons (Fsp3) is 0.0667. The normalized spacial score (nSPS) is 9.39. The molecule has 2 rings (SSSR count). The Labute approximate surface area is 110 Å². The molecule has 2 nitrogen and oxygen atoms in total. The van der Waals surface area contributed by atoms with Crippen LogP contribution in [-0.4, -0.2) is 10.1 Å². The zero-order chi connectivity index (χ0) is 12.8. The Kier molecular flexibility index (Phi) is 4.16. The third-order valence-corrected chi connectivity index (χ3v) is 2.94. The summed E-state index contributed by atoms with van der Waals surface area (Å²) in [6.45, 7) is 1.56. The fourth-order valence-electron chi connectivity index (χ4n) is 1.35. The Balaban J connectivity index is 2.12. The monoisotopic (exact) mass is 253 g/mol. The molecule has 0 aliphatic rings. The number of nitrogens with zero attached hydrogens (tertiary/aromatic N) is 1. The van der Waals surface area contributed by atoms with E-state index in [1.165, 1.54) is 11.8 Å². The van der Waals surface area contributed by atoms with Crippen LogP contribution in [0.25, 0.3) is 0 Å². The van der Waals surface area contributed by atoms with E-state index in [9.17, 15) is 4.79 Å². The van der Waals surface area contributed by atoms with E-state index < -0.39 is 0 Å². The molecule has 1 aromatic carbocycles. The standard InChI is InChI=1S/C15H11NOS/c1-12(17)18-15-6-4-13(5-7-15)2-3-14-8-10-16-11-9-14/h4-11H,1H3. The summed E-state index contributed by atoms with van der Waals surface area (Å²) in [5, 5.41) is 0.0885. The van der Waals surface area contributed by atoms with Gasteiger partial charge in [-0.15, -0.1) is 0 Å². The van der Waals surface area contributed by atoms with E-state index >= 15 is 0 Å². The predicted molar refractivity (Wildman–Crippen MR) is 73.2 cm³/mol. The summed E-state index contributed by atoms with van der Waals surface area (Å²) in [6.07, 6.45) is 3.44. The molecule has 0 spiro atoms. The molecule has 0 radical (unpaired) electrons. The number of benzene rings is 1. The Morgan fingerprint density at radius 3 is 2.11 bits per heavy atom. The molecule has 0 saturated carbocycles. The topological polar surface area (TPSA) is 30.0 Å². The van der Waals surface area contributed by atoms with Gasteiger partial charge in [-0.3, -0.25) is 9.78 Å². The van der Waals surface area contributed by atoms with Gasteiger partial charge >= 0.3 is 0 Å². The SMILES string of the molecule is CC(=O)Sc1ccc(C#Cc2ccncc2)cc1. The first-order chi connectivity index (χ1) is 8.74. The zero-order valence-electron chi connectivity index (χ0n) is 9.88. The Hall–Kier alpha value is -2.05. The number of aromatic nitrogens is 1. The smallest absolute Gasteiger partial charge is 0.190 e. The van der Waals surface area contributed by atoms with E-state index in [-0.39, 0.29) is 5.12 Å². The van der Waals surface area contributed by atoms with Gasteiger partial charge in [0, 0.05) is 35.3 Å². The fourth-order valence-corrected chi connectivity index (χ4v) is 1.96. The first-order valence-electron chi connectivity index (χ1n) is 5.44. The number of thioether (sulfide) groups is 1. The number of carbonyl (C=O) groups excluding carboxylic acids is 1. The molecular weight excluding hydrogens is 242 g/mol. The minimum Gasteiger partial charge on any atom is -0.287 e. The highest BCUT2D eigenvalue weighted by Crippen LogP contribution is 2.18. The number of hydrogen-bond acceptors (Lipinski definition) is 3. The highest BCUT2D eigenvalue weighted by molar-refractivity contribution is 8.13. The molecule has 1 heterocycles. The predicted octanol–water partition coefficient (Wildman–Crippen LogP) is 3.12. The van der Waals surface area contributed by atoms with Crippen LogP contribution in [0.15, 0.2) is 53.7 Å². The van der Waals surface area contributed by atoms with Crippen molar-refractivity contribution in [1.82, 2.24) is 4.98 Å². The Morgan fingerprint density at radius 2 is 1.56 bits per heavy atom. The second-order valence-corrected chi connectivity index (χ2v) is 4.85.